The van der Waals surface area contributed by atoms with E-state index < -0.39 is 0 Å². The first-order valence-electron chi connectivity index (χ1n) is 9.63. The number of urea groups is 1. The molecule has 1 aliphatic heterocycles. The highest BCUT2D eigenvalue weighted by atomic mass is 35.5. The molecule has 2 amide bonds. The van der Waals surface area contributed by atoms with Gasteiger partial charge in [-0.2, -0.15) is 0 Å². The number of rotatable bonds is 2. The average Bonchev–Trinajstić information content (AvgIpc) is 3.01. The second-order valence-electron chi connectivity index (χ2n) is 7.40. The minimum atomic E-state index is -0.270. The van der Waals surface area contributed by atoms with Gasteiger partial charge in [0.1, 0.15) is 0 Å². The number of aromatic nitrogens is 2. The molecule has 152 valence electrons. The largest absolute Gasteiger partial charge is 0.328 e. The summed E-state index contributed by atoms with van der Waals surface area (Å²) in [5.41, 5.74) is 2.27. The highest BCUT2D eigenvalue weighted by Gasteiger charge is 2.41. The minimum Gasteiger partial charge on any atom is -0.307 e. The van der Waals surface area contributed by atoms with Gasteiger partial charge in [0.15, 0.2) is 0 Å². The number of nitrogens with zero attached hydrogens (tertiary/aromatic N) is 4. The summed E-state index contributed by atoms with van der Waals surface area (Å²) in [6.45, 7) is 3.82. The summed E-state index contributed by atoms with van der Waals surface area (Å²) in [4.78, 5) is 28.5. The van der Waals surface area contributed by atoms with E-state index >= 15 is 0 Å². The van der Waals surface area contributed by atoms with Gasteiger partial charge in [-0.1, -0.05) is 36.0 Å². The van der Waals surface area contributed by atoms with Crippen molar-refractivity contribution in [1.82, 2.24) is 14.9 Å². The Hall–Kier alpha value is -2.38. The number of hydrogen-bond donors (Lipinski definition) is 2. The van der Waals surface area contributed by atoms with Gasteiger partial charge in [0.05, 0.1) is 22.1 Å². The molecule has 29 heavy (non-hydrogen) atoms. The second-order valence-corrected chi connectivity index (χ2v) is 8.21. The quantitative estimate of drug-likeness (QED) is 0.696. The van der Waals surface area contributed by atoms with Gasteiger partial charge in [-0.3, -0.25) is 10.2 Å². The fraction of sp³-hybridized carbons (Fsp3) is 0.400. The summed E-state index contributed by atoms with van der Waals surface area (Å²) < 4.78 is 0. The second kappa shape index (κ2) is 8.16. The molecule has 1 saturated carbocycles. The van der Waals surface area contributed by atoms with Crippen molar-refractivity contribution in [1.29, 1.82) is 0 Å². The van der Waals surface area contributed by atoms with Crippen LogP contribution in [0.5, 0.6) is 0 Å². The van der Waals surface area contributed by atoms with Crippen molar-refractivity contribution in [2.45, 2.75) is 51.6 Å². The summed E-state index contributed by atoms with van der Waals surface area (Å²) in [6, 6.07) is 6.73. The smallest absolute Gasteiger partial charge is 0.307 e. The molecule has 1 aromatic carbocycles. The Balaban J connectivity index is 1.59. The van der Waals surface area contributed by atoms with Crippen LogP contribution in [0.15, 0.2) is 29.3 Å². The molecule has 9 heteroatoms. The monoisotopic (exact) mass is 432 g/mol. The van der Waals surface area contributed by atoms with Gasteiger partial charge in [0.25, 0.3) is 0 Å². The summed E-state index contributed by atoms with van der Waals surface area (Å²) >= 11 is 12.1. The van der Waals surface area contributed by atoms with Crippen LogP contribution in [0.1, 0.15) is 37.1 Å². The Kier molecular flexibility index (Phi) is 5.61. The van der Waals surface area contributed by atoms with Crippen LogP contribution < -0.4 is 10.6 Å². The number of hydrogen-bond acceptors (Lipinski definition) is 5. The summed E-state index contributed by atoms with van der Waals surface area (Å²) in [7, 11) is 0. The van der Waals surface area contributed by atoms with Crippen LogP contribution in [0.4, 0.5) is 16.4 Å². The lowest BCUT2D eigenvalue weighted by atomic mass is 9.91. The lowest BCUT2D eigenvalue weighted by Gasteiger charge is -2.31. The van der Waals surface area contributed by atoms with E-state index in [1.165, 1.54) is 0 Å². The van der Waals surface area contributed by atoms with Crippen LogP contribution in [0, 0.1) is 13.8 Å². The fourth-order valence-electron chi connectivity index (χ4n) is 3.90. The molecule has 0 spiro atoms. The van der Waals surface area contributed by atoms with Crippen LogP contribution in [0.2, 0.25) is 10.0 Å². The first-order valence-corrected chi connectivity index (χ1v) is 10.4. The van der Waals surface area contributed by atoms with Crippen molar-refractivity contribution in [2.24, 2.45) is 4.99 Å². The van der Waals surface area contributed by atoms with Gasteiger partial charge < -0.3 is 5.32 Å². The zero-order valence-electron chi connectivity index (χ0n) is 16.2. The van der Waals surface area contributed by atoms with Crippen molar-refractivity contribution < 1.29 is 4.79 Å². The minimum absolute atomic E-state index is 0.0138. The van der Waals surface area contributed by atoms with Gasteiger partial charge in [-0.05, 0) is 51.0 Å². The maximum absolute atomic E-state index is 13.2. The number of amides is 2. The lowest BCUT2D eigenvalue weighted by molar-refractivity contribution is 0.209. The molecule has 2 heterocycles. The van der Waals surface area contributed by atoms with Crippen LogP contribution in [-0.2, 0) is 0 Å². The van der Waals surface area contributed by atoms with E-state index in [1.54, 1.807) is 23.1 Å². The number of halogens is 2. The van der Waals surface area contributed by atoms with E-state index in [0.717, 1.165) is 37.1 Å². The maximum Gasteiger partial charge on any atom is 0.328 e. The molecule has 0 saturated heterocycles. The molecule has 7 nitrogen and oxygen atoms in total. The molecule has 1 aliphatic carbocycles. The van der Waals surface area contributed by atoms with E-state index in [0.29, 0.717) is 27.6 Å². The number of aliphatic imine (C=N–C) groups is 1. The van der Waals surface area contributed by atoms with E-state index in [-0.39, 0.29) is 18.1 Å². The number of aryl methyl sites for hydroxylation is 2. The number of anilines is 2. The Morgan fingerprint density at radius 1 is 1.07 bits per heavy atom. The predicted molar refractivity (Wildman–Crippen MR) is 116 cm³/mol. The molecular formula is C20H22Cl2N6O. The molecule has 2 aromatic rings. The van der Waals surface area contributed by atoms with Gasteiger partial charge in [0.2, 0.25) is 11.9 Å². The normalized spacial score (nSPS) is 20.8. The maximum atomic E-state index is 13.2. The zero-order chi connectivity index (χ0) is 20.5. The molecular weight excluding hydrogens is 411 g/mol. The van der Waals surface area contributed by atoms with Gasteiger partial charge in [-0.15, -0.1) is 0 Å². The highest BCUT2D eigenvalue weighted by Crippen LogP contribution is 2.32. The third-order valence-corrected chi connectivity index (χ3v) is 5.88. The van der Waals surface area contributed by atoms with E-state index in [2.05, 4.69) is 20.6 Å². The fourth-order valence-corrected chi connectivity index (χ4v) is 4.20. The van der Waals surface area contributed by atoms with Crippen molar-refractivity contribution in [2.75, 3.05) is 10.6 Å². The Bertz CT molecular complexity index is 959. The van der Waals surface area contributed by atoms with Crippen LogP contribution in [0.25, 0.3) is 0 Å². The Morgan fingerprint density at radius 3 is 2.52 bits per heavy atom. The van der Waals surface area contributed by atoms with Crippen molar-refractivity contribution in [3.8, 4) is 0 Å². The molecule has 1 aromatic heterocycles. The van der Waals surface area contributed by atoms with Crippen molar-refractivity contribution in [3.05, 3.63) is 45.7 Å². The molecule has 2 N–H and O–H groups in total. The predicted octanol–water partition coefficient (Wildman–Crippen LogP) is 5.03. The van der Waals surface area contributed by atoms with Gasteiger partial charge in [-0.25, -0.2) is 19.8 Å². The number of carbonyl (C=O) groups excluding carboxylic acids is 1. The third-order valence-electron chi connectivity index (χ3n) is 5.14. The number of benzene rings is 1. The summed E-state index contributed by atoms with van der Waals surface area (Å²) in [5.74, 6) is 0.914. The summed E-state index contributed by atoms with van der Waals surface area (Å²) in [5, 5.41) is 6.89. The highest BCUT2D eigenvalue weighted by molar-refractivity contribution is 6.42. The number of carbonyl (C=O) groups is 1. The lowest BCUT2D eigenvalue weighted by Crippen LogP contribution is -2.49. The molecule has 1 fully saturated rings. The van der Waals surface area contributed by atoms with Gasteiger partial charge in [0, 0.05) is 17.1 Å². The molecule has 2 atom stereocenters. The first kappa shape index (κ1) is 19.9. The molecule has 0 radical (unpaired) electrons. The Morgan fingerprint density at radius 2 is 1.79 bits per heavy atom. The average molecular weight is 433 g/mol. The van der Waals surface area contributed by atoms with E-state index in [1.807, 2.05) is 19.9 Å². The molecule has 0 bridgehead atoms. The standard InChI is InChI=1S/C20H22Cl2N6O/c1-11-9-12(2)24-18(23-11)27-19-26-16-5-3-4-6-17(16)28(19)20(29)25-13-7-8-14(21)15(22)10-13/h7-10,16-17H,3-6H2,1-2H3,(H,25,29)(H,23,24,26,27)/t16-,17-/m0/s1. The SMILES string of the molecule is Cc1cc(C)nc(NC2=N[C@H]3CCCC[C@@H]3N2C(=O)Nc2ccc(Cl)c(Cl)c2)n1. The summed E-state index contributed by atoms with van der Waals surface area (Å²) in [6.07, 6.45) is 4.04. The van der Waals surface area contributed by atoms with E-state index in [4.69, 9.17) is 28.2 Å². The zero-order valence-corrected chi connectivity index (χ0v) is 17.8. The van der Waals surface area contributed by atoms with Crippen molar-refractivity contribution in [3.63, 3.8) is 0 Å². The number of guanidine groups is 1. The van der Waals surface area contributed by atoms with E-state index in [9.17, 15) is 4.79 Å². The first-order chi connectivity index (χ1) is 13.9. The topological polar surface area (TPSA) is 82.5 Å². The molecule has 4 rings (SSSR count). The molecule has 2 aliphatic rings. The van der Waals surface area contributed by atoms with Crippen LogP contribution in [-0.4, -0.2) is 38.9 Å². The Labute approximate surface area is 179 Å². The number of fused-ring (bicyclic) bond motifs is 1. The molecule has 0 unspecified atom stereocenters. The number of nitrogens with one attached hydrogen (secondary N) is 2. The third kappa shape index (κ3) is 4.31. The van der Waals surface area contributed by atoms with Crippen LogP contribution >= 0.6 is 23.2 Å². The van der Waals surface area contributed by atoms with Crippen LogP contribution in [0.3, 0.4) is 0 Å². The van der Waals surface area contributed by atoms with Gasteiger partial charge >= 0.3 is 6.03 Å². The van der Waals surface area contributed by atoms with Crippen molar-refractivity contribution >= 4 is 46.8 Å².